The first-order valence-electron chi connectivity index (χ1n) is 8.15. The van der Waals surface area contributed by atoms with Gasteiger partial charge in [0.25, 0.3) is 5.91 Å². The van der Waals surface area contributed by atoms with E-state index in [1.165, 1.54) is 11.9 Å². The Labute approximate surface area is 140 Å². The summed E-state index contributed by atoms with van der Waals surface area (Å²) < 4.78 is 0. The van der Waals surface area contributed by atoms with E-state index in [1.807, 2.05) is 36.5 Å². The van der Waals surface area contributed by atoms with Crippen LogP contribution in [0.3, 0.4) is 0 Å². The third-order valence-electron chi connectivity index (χ3n) is 5.71. The first-order chi connectivity index (χ1) is 11.4. The third kappa shape index (κ3) is 1.52. The summed E-state index contributed by atoms with van der Waals surface area (Å²) in [6.45, 7) is 6.04. The minimum Gasteiger partial charge on any atom is -0.326 e. The number of fused-ring (bicyclic) bond motifs is 4. The molecule has 3 heterocycles. The van der Waals surface area contributed by atoms with Crippen molar-refractivity contribution in [3.8, 4) is 0 Å². The van der Waals surface area contributed by atoms with Crippen molar-refractivity contribution < 1.29 is 19.7 Å². The van der Waals surface area contributed by atoms with Gasteiger partial charge in [-0.1, -0.05) is 24.3 Å². The Bertz CT molecular complexity index is 789. The highest BCUT2D eigenvalue weighted by Gasteiger charge is 2.74. The maximum Gasteiger partial charge on any atom is 0.294 e. The van der Waals surface area contributed by atoms with Gasteiger partial charge in [-0.3, -0.25) is 19.3 Å². The predicted molar refractivity (Wildman–Crippen MR) is 86.8 cm³/mol. The number of likely N-dealkylation sites (tertiary alicyclic amines) is 1. The van der Waals surface area contributed by atoms with Crippen LogP contribution < -0.4 is 10.2 Å². The molecular weight excluding hydrogens is 306 g/mol. The molecule has 3 aliphatic rings. The Morgan fingerprint density at radius 3 is 2.67 bits per heavy atom. The van der Waals surface area contributed by atoms with Gasteiger partial charge in [0, 0.05) is 19.2 Å². The van der Waals surface area contributed by atoms with Gasteiger partial charge in [0.05, 0.1) is 11.7 Å². The molecule has 6 heteroatoms. The lowest BCUT2D eigenvalue weighted by Crippen LogP contribution is -2.98. The zero-order valence-corrected chi connectivity index (χ0v) is 13.7. The molecule has 3 amide bonds. The molecule has 0 aliphatic carbocycles. The molecule has 1 spiro atoms. The average molecular weight is 326 g/mol. The minimum absolute atomic E-state index is 0.126. The van der Waals surface area contributed by atoms with Gasteiger partial charge in [0.15, 0.2) is 0 Å². The maximum absolute atomic E-state index is 13.4. The maximum atomic E-state index is 13.4. The average Bonchev–Trinajstić information content (AvgIpc) is 3.10. The summed E-state index contributed by atoms with van der Waals surface area (Å²) in [7, 11) is 1.51. The van der Waals surface area contributed by atoms with Crippen molar-refractivity contribution in [2.45, 2.75) is 18.5 Å². The third-order valence-corrected chi connectivity index (χ3v) is 5.71. The Kier molecular flexibility index (Phi) is 3.00. The summed E-state index contributed by atoms with van der Waals surface area (Å²) in [6.07, 6.45) is 1.68. The summed E-state index contributed by atoms with van der Waals surface area (Å²) in [5.41, 5.74) is 0.593. The molecule has 2 fully saturated rings. The van der Waals surface area contributed by atoms with Crippen LogP contribution >= 0.6 is 0 Å². The second-order valence-corrected chi connectivity index (χ2v) is 6.86. The number of hydrogen-bond acceptors (Lipinski definition) is 3. The van der Waals surface area contributed by atoms with Crippen molar-refractivity contribution in [2.75, 3.05) is 18.5 Å². The molecule has 4 rings (SSSR count). The van der Waals surface area contributed by atoms with Crippen LogP contribution in [0.4, 0.5) is 5.69 Å². The molecule has 1 aromatic carbocycles. The van der Waals surface area contributed by atoms with Gasteiger partial charge in [0.2, 0.25) is 17.4 Å². The number of nitrogens with zero attached hydrogens (tertiary/aromatic N) is 2. The lowest BCUT2D eigenvalue weighted by Gasteiger charge is -2.26. The number of anilines is 1. The van der Waals surface area contributed by atoms with E-state index in [4.69, 9.17) is 0 Å². The zero-order chi connectivity index (χ0) is 17.2. The Morgan fingerprint density at radius 2 is 1.96 bits per heavy atom. The highest BCUT2D eigenvalue weighted by atomic mass is 16.2. The Hall–Kier alpha value is -2.47. The SMILES string of the molecule is C=CCN1C(=O)[C@]2([NH2+][C@H](C)[C@@H]3C(=O)N(C)C(=O)[C@H]32)c2ccccc21. The lowest BCUT2D eigenvalue weighted by atomic mass is 9.76. The molecule has 2 N–H and O–H groups in total. The molecule has 0 unspecified atom stereocenters. The fourth-order valence-electron chi connectivity index (χ4n) is 4.74. The van der Waals surface area contributed by atoms with Crippen LogP contribution in [-0.2, 0) is 19.9 Å². The van der Waals surface area contributed by atoms with Crippen LogP contribution in [0.15, 0.2) is 36.9 Å². The second kappa shape index (κ2) is 4.77. The Balaban J connectivity index is 1.95. The largest absolute Gasteiger partial charge is 0.326 e. The highest BCUT2D eigenvalue weighted by Crippen LogP contribution is 2.50. The zero-order valence-electron chi connectivity index (χ0n) is 13.7. The first kappa shape index (κ1) is 15.1. The van der Waals surface area contributed by atoms with Gasteiger partial charge in [0.1, 0.15) is 11.8 Å². The first-order valence-corrected chi connectivity index (χ1v) is 8.15. The molecular formula is C18H20N3O3+. The van der Waals surface area contributed by atoms with Crippen LogP contribution in [0.5, 0.6) is 0 Å². The number of carbonyl (C=O) groups is 3. The Morgan fingerprint density at radius 1 is 1.25 bits per heavy atom. The van der Waals surface area contributed by atoms with Crippen molar-refractivity contribution in [2.24, 2.45) is 11.8 Å². The van der Waals surface area contributed by atoms with E-state index >= 15 is 0 Å². The van der Waals surface area contributed by atoms with E-state index in [2.05, 4.69) is 6.58 Å². The smallest absolute Gasteiger partial charge is 0.294 e. The highest BCUT2D eigenvalue weighted by molar-refractivity contribution is 6.14. The predicted octanol–water partition coefficient (Wildman–Crippen LogP) is -0.389. The van der Waals surface area contributed by atoms with Gasteiger partial charge >= 0.3 is 0 Å². The van der Waals surface area contributed by atoms with Crippen LogP contribution in [0.1, 0.15) is 12.5 Å². The van der Waals surface area contributed by atoms with Gasteiger partial charge in [-0.15, -0.1) is 6.58 Å². The molecule has 0 saturated carbocycles. The standard InChI is InChI=1S/C18H19N3O3/c1-4-9-21-12-8-6-5-7-11(12)18(17(21)24)14-13(10(2)19-18)15(22)20(3)16(14)23/h4-8,10,13-14,19H,1,9H2,2-3H3/p+1/t10-,13+,14+,18+/m1/s1. The van der Waals surface area contributed by atoms with E-state index in [0.29, 0.717) is 6.54 Å². The fourth-order valence-corrected chi connectivity index (χ4v) is 4.74. The summed E-state index contributed by atoms with van der Waals surface area (Å²) in [4.78, 5) is 41.6. The molecule has 3 aliphatic heterocycles. The number of rotatable bonds is 2. The van der Waals surface area contributed by atoms with Gasteiger partial charge in [-0.05, 0) is 13.0 Å². The number of benzene rings is 1. The quantitative estimate of drug-likeness (QED) is 0.594. The summed E-state index contributed by atoms with van der Waals surface area (Å²) >= 11 is 0. The monoisotopic (exact) mass is 326 g/mol. The topological polar surface area (TPSA) is 74.3 Å². The summed E-state index contributed by atoms with van der Waals surface area (Å²) in [5, 5.41) is 1.93. The summed E-state index contributed by atoms with van der Waals surface area (Å²) in [5.74, 6) is -1.66. The van der Waals surface area contributed by atoms with Crippen molar-refractivity contribution in [1.82, 2.24) is 4.90 Å². The van der Waals surface area contributed by atoms with Crippen LogP contribution in [0.2, 0.25) is 0 Å². The van der Waals surface area contributed by atoms with E-state index < -0.39 is 17.4 Å². The number of imide groups is 1. The van der Waals surface area contributed by atoms with Crippen LogP contribution in [-0.4, -0.2) is 42.3 Å². The number of carbonyl (C=O) groups excluding carboxylic acids is 3. The number of para-hydroxylation sites is 1. The van der Waals surface area contributed by atoms with Gasteiger partial charge in [-0.2, -0.15) is 0 Å². The molecule has 0 bridgehead atoms. The number of hydrogen-bond donors (Lipinski definition) is 1. The molecule has 1 aromatic rings. The number of amides is 3. The van der Waals surface area contributed by atoms with E-state index in [1.54, 1.807) is 11.0 Å². The van der Waals surface area contributed by atoms with E-state index in [9.17, 15) is 14.4 Å². The molecule has 24 heavy (non-hydrogen) atoms. The van der Waals surface area contributed by atoms with Crippen molar-refractivity contribution in [3.05, 3.63) is 42.5 Å². The molecule has 4 atom stereocenters. The van der Waals surface area contributed by atoms with Gasteiger partial charge in [-0.25, -0.2) is 0 Å². The minimum atomic E-state index is -1.04. The number of quaternary nitrogens is 1. The second-order valence-electron chi connectivity index (χ2n) is 6.86. The lowest BCUT2D eigenvalue weighted by molar-refractivity contribution is -0.730. The van der Waals surface area contributed by atoms with Crippen molar-refractivity contribution in [1.29, 1.82) is 0 Å². The molecule has 0 aromatic heterocycles. The normalized spacial score (nSPS) is 34.2. The van der Waals surface area contributed by atoms with Crippen molar-refractivity contribution in [3.63, 3.8) is 0 Å². The summed E-state index contributed by atoms with van der Waals surface area (Å²) in [6, 6.07) is 7.42. The molecule has 2 saturated heterocycles. The molecule has 0 radical (unpaired) electrons. The van der Waals surface area contributed by atoms with Crippen LogP contribution in [0, 0.1) is 11.8 Å². The van der Waals surface area contributed by atoms with E-state index in [0.717, 1.165) is 11.3 Å². The van der Waals surface area contributed by atoms with Crippen molar-refractivity contribution >= 4 is 23.4 Å². The molecule has 124 valence electrons. The van der Waals surface area contributed by atoms with Crippen LogP contribution in [0.25, 0.3) is 0 Å². The fraction of sp³-hybridized carbons (Fsp3) is 0.389. The van der Waals surface area contributed by atoms with E-state index in [-0.39, 0.29) is 23.8 Å². The van der Waals surface area contributed by atoms with Gasteiger partial charge < -0.3 is 10.2 Å². The molecule has 6 nitrogen and oxygen atoms in total. The number of nitrogens with two attached hydrogens (primary N) is 1.